The van der Waals surface area contributed by atoms with Gasteiger partial charge in [-0.25, -0.2) is 8.42 Å². The van der Waals surface area contributed by atoms with Gasteiger partial charge in [0.25, 0.3) is 10.0 Å². The topological polar surface area (TPSA) is 96.0 Å². The van der Waals surface area contributed by atoms with Gasteiger partial charge in [0, 0.05) is 24.0 Å². The fourth-order valence-corrected chi connectivity index (χ4v) is 6.76. The molecule has 2 amide bonds. The van der Waals surface area contributed by atoms with Crippen LogP contribution in [0.15, 0.2) is 102 Å². The Bertz CT molecular complexity index is 1760. The number of nitrogens with zero attached hydrogens (tertiary/aromatic N) is 2. The van der Waals surface area contributed by atoms with Gasteiger partial charge in [-0.1, -0.05) is 77.8 Å². The summed E-state index contributed by atoms with van der Waals surface area (Å²) in [6, 6.07) is 26.9. The number of hydrogen-bond acceptors (Lipinski definition) is 5. The second-order valence-electron chi connectivity index (χ2n) is 11.5. The molecule has 0 aliphatic carbocycles. The summed E-state index contributed by atoms with van der Waals surface area (Å²) in [5.74, 6) is -0.311. The predicted octanol–water partition coefficient (Wildman–Crippen LogP) is 6.33. The first-order chi connectivity index (χ1) is 21.9. The highest BCUT2D eigenvalue weighted by molar-refractivity contribution is 7.92. The number of benzene rings is 4. The van der Waals surface area contributed by atoms with Gasteiger partial charge < -0.3 is 15.0 Å². The maximum Gasteiger partial charge on any atom is 0.264 e. The third kappa shape index (κ3) is 8.47. The maximum atomic E-state index is 14.6. The largest absolute Gasteiger partial charge is 0.497 e. The summed E-state index contributed by atoms with van der Waals surface area (Å²) in [7, 11) is -2.69. The Morgan fingerprint density at radius 3 is 2.17 bits per heavy atom. The smallest absolute Gasteiger partial charge is 0.264 e. The number of ether oxygens (including phenoxy) is 1. The molecular weight excluding hydrogens is 622 g/mol. The van der Waals surface area contributed by atoms with Gasteiger partial charge in [-0.05, 0) is 80.8 Å². The number of hydrogen-bond donors (Lipinski definition) is 1. The Kier molecular flexibility index (Phi) is 11.5. The third-order valence-electron chi connectivity index (χ3n) is 7.58. The Balaban J connectivity index is 1.85. The average molecular weight is 662 g/mol. The van der Waals surface area contributed by atoms with Gasteiger partial charge in [-0.3, -0.25) is 13.9 Å². The van der Waals surface area contributed by atoms with Crippen LogP contribution in [-0.2, 0) is 32.6 Å². The Labute approximate surface area is 277 Å². The van der Waals surface area contributed by atoms with Crippen molar-refractivity contribution in [3.8, 4) is 5.75 Å². The van der Waals surface area contributed by atoms with Crippen molar-refractivity contribution in [2.45, 2.75) is 57.6 Å². The molecule has 242 valence electrons. The second-order valence-corrected chi connectivity index (χ2v) is 13.7. The number of methoxy groups -OCH3 is 1. The fourth-order valence-electron chi connectivity index (χ4n) is 5.12. The Morgan fingerprint density at radius 2 is 1.52 bits per heavy atom. The molecule has 0 aliphatic rings. The van der Waals surface area contributed by atoms with E-state index in [0.29, 0.717) is 16.3 Å². The van der Waals surface area contributed by atoms with Crippen LogP contribution in [0.25, 0.3) is 0 Å². The summed E-state index contributed by atoms with van der Waals surface area (Å²) in [6.45, 7) is 6.74. The molecule has 4 aromatic carbocycles. The molecule has 0 bridgehead atoms. The first kappa shape index (κ1) is 34.5. The van der Waals surface area contributed by atoms with Crippen molar-refractivity contribution in [1.82, 2.24) is 10.2 Å². The lowest BCUT2D eigenvalue weighted by Gasteiger charge is -2.34. The molecule has 0 aromatic heterocycles. The zero-order valence-electron chi connectivity index (χ0n) is 26.7. The molecule has 0 radical (unpaired) electrons. The number of carbonyl (C=O) groups excluding carboxylic acids is 2. The third-order valence-corrected chi connectivity index (χ3v) is 9.77. The second kappa shape index (κ2) is 15.3. The zero-order chi connectivity index (χ0) is 33.4. The van der Waals surface area contributed by atoms with Gasteiger partial charge in [0.15, 0.2) is 0 Å². The predicted molar refractivity (Wildman–Crippen MR) is 183 cm³/mol. The number of aryl methyl sites for hydroxylation is 1. The van der Waals surface area contributed by atoms with E-state index >= 15 is 0 Å². The number of amides is 2. The molecule has 10 heteroatoms. The van der Waals surface area contributed by atoms with Gasteiger partial charge in [-0.2, -0.15) is 0 Å². The minimum atomic E-state index is -4.24. The van der Waals surface area contributed by atoms with E-state index in [-0.39, 0.29) is 35.5 Å². The lowest BCUT2D eigenvalue weighted by Crippen LogP contribution is -2.54. The van der Waals surface area contributed by atoms with Crippen molar-refractivity contribution in [2.75, 3.05) is 18.0 Å². The normalized spacial score (nSPS) is 12.0. The van der Waals surface area contributed by atoms with Gasteiger partial charge in [-0.15, -0.1) is 0 Å². The first-order valence-corrected chi connectivity index (χ1v) is 16.8. The molecule has 0 heterocycles. The summed E-state index contributed by atoms with van der Waals surface area (Å²) >= 11 is 6.46. The van der Waals surface area contributed by atoms with E-state index in [2.05, 4.69) is 5.32 Å². The van der Waals surface area contributed by atoms with E-state index < -0.39 is 28.5 Å². The summed E-state index contributed by atoms with van der Waals surface area (Å²) in [4.78, 5) is 29.9. The van der Waals surface area contributed by atoms with Crippen LogP contribution in [0.5, 0.6) is 5.75 Å². The molecule has 1 N–H and O–H groups in total. The Hall–Kier alpha value is -4.34. The van der Waals surface area contributed by atoms with Crippen LogP contribution in [0, 0.1) is 13.8 Å². The highest BCUT2D eigenvalue weighted by Crippen LogP contribution is 2.31. The van der Waals surface area contributed by atoms with Crippen molar-refractivity contribution in [1.29, 1.82) is 0 Å². The molecule has 8 nitrogen and oxygen atoms in total. The van der Waals surface area contributed by atoms with Crippen molar-refractivity contribution in [3.63, 3.8) is 0 Å². The minimum Gasteiger partial charge on any atom is -0.497 e. The number of rotatable bonds is 13. The number of nitrogens with one attached hydrogen (secondary N) is 1. The summed E-state index contributed by atoms with van der Waals surface area (Å²) in [5.41, 5.74) is 3.24. The minimum absolute atomic E-state index is 0.0306. The van der Waals surface area contributed by atoms with Crippen LogP contribution >= 0.6 is 11.6 Å². The van der Waals surface area contributed by atoms with Crippen molar-refractivity contribution < 1.29 is 22.7 Å². The van der Waals surface area contributed by atoms with Crippen molar-refractivity contribution in [3.05, 3.63) is 124 Å². The summed E-state index contributed by atoms with van der Waals surface area (Å²) in [6.07, 6.45) is 0.218. The zero-order valence-corrected chi connectivity index (χ0v) is 28.3. The monoisotopic (exact) mass is 661 g/mol. The summed E-state index contributed by atoms with van der Waals surface area (Å²) < 4.78 is 35.0. The maximum absolute atomic E-state index is 14.6. The standard InChI is InChI=1S/C36H40ClN3O5S/c1-25(2)38-36(42)34(22-28-11-7-6-8-12-28)39(23-29-13-9-14-30(21-29)45-5)35(41)24-40(33-16-10-15-32(37)27(33)4)46(43,44)31-19-17-26(3)18-20-31/h6-21,25,34H,22-24H2,1-5H3,(H,38,42)/t34-/m0/s1. The molecule has 0 fully saturated rings. The fraction of sp³-hybridized carbons (Fsp3) is 0.278. The van der Waals surface area contributed by atoms with E-state index in [1.54, 1.807) is 62.6 Å². The molecule has 0 spiro atoms. The molecule has 4 aromatic rings. The van der Waals surface area contributed by atoms with Gasteiger partial charge in [0.05, 0.1) is 17.7 Å². The molecule has 1 atom stereocenters. The number of carbonyl (C=O) groups is 2. The number of anilines is 1. The Morgan fingerprint density at radius 1 is 0.870 bits per heavy atom. The van der Waals surface area contributed by atoms with Gasteiger partial charge in [0.1, 0.15) is 18.3 Å². The van der Waals surface area contributed by atoms with Crippen LogP contribution < -0.4 is 14.4 Å². The van der Waals surface area contributed by atoms with E-state index in [9.17, 15) is 18.0 Å². The van der Waals surface area contributed by atoms with Crippen LogP contribution in [0.3, 0.4) is 0 Å². The molecule has 0 saturated heterocycles. The average Bonchev–Trinajstić information content (AvgIpc) is 3.03. The molecule has 0 aliphatic heterocycles. The molecule has 4 rings (SSSR count). The van der Waals surface area contributed by atoms with E-state index in [1.165, 1.54) is 17.0 Å². The highest BCUT2D eigenvalue weighted by atomic mass is 35.5. The highest BCUT2D eigenvalue weighted by Gasteiger charge is 2.35. The first-order valence-electron chi connectivity index (χ1n) is 15.0. The lowest BCUT2D eigenvalue weighted by molar-refractivity contribution is -0.140. The molecule has 0 unspecified atom stereocenters. The van der Waals surface area contributed by atoms with Crippen molar-refractivity contribution in [2.24, 2.45) is 0 Å². The van der Waals surface area contributed by atoms with E-state index in [1.807, 2.05) is 57.2 Å². The number of halogens is 1. The van der Waals surface area contributed by atoms with Crippen molar-refractivity contribution >= 4 is 39.1 Å². The quantitative estimate of drug-likeness (QED) is 0.181. The van der Waals surface area contributed by atoms with E-state index in [4.69, 9.17) is 16.3 Å². The SMILES string of the molecule is COc1cccc(CN(C(=O)CN(c2cccc(Cl)c2C)S(=O)(=O)c2ccc(C)cc2)[C@@H](Cc2ccccc2)C(=O)NC(C)C)c1. The number of sulfonamides is 1. The lowest BCUT2D eigenvalue weighted by atomic mass is 10.0. The van der Waals surface area contributed by atoms with Crippen LogP contribution in [0.4, 0.5) is 5.69 Å². The van der Waals surface area contributed by atoms with Gasteiger partial charge in [0.2, 0.25) is 11.8 Å². The van der Waals surface area contributed by atoms with Crippen LogP contribution in [0.1, 0.15) is 36.1 Å². The van der Waals surface area contributed by atoms with Crippen LogP contribution in [0.2, 0.25) is 5.02 Å². The summed E-state index contributed by atoms with van der Waals surface area (Å²) in [5, 5.41) is 3.32. The molecule has 46 heavy (non-hydrogen) atoms. The van der Waals surface area contributed by atoms with Crippen LogP contribution in [-0.4, -0.2) is 50.9 Å². The molecule has 0 saturated carbocycles. The van der Waals surface area contributed by atoms with Gasteiger partial charge >= 0.3 is 0 Å². The molecular formula is C36H40ClN3O5S. The van der Waals surface area contributed by atoms with E-state index in [0.717, 1.165) is 21.0 Å².